The van der Waals surface area contributed by atoms with Crippen LogP contribution in [-0.4, -0.2) is 21.7 Å². The number of fused-ring (bicyclic) bond motifs is 1. The summed E-state index contributed by atoms with van der Waals surface area (Å²) in [7, 11) is 1.60. The molecule has 19 heavy (non-hydrogen) atoms. The molecule has 0 fully saturated rings. The second kappa shape index (κ2) is 4.55. The summed E-state index contributed by atoms with van der Waals surface area (Å²) in [5.74, 6) is 0.586. The van der Waals surface area contributed by atoms with Crippen LogP contribution in [0.25, 0.3) is 16.9 Å². The molecule has 3 rings (SSSR count). The van der Waals surface area contributed by atoms with Crippen LogP contribution < -0.4 is 4.74 Å². The Balaban J connectivity index is 2.31. The fraction of sp³-hybridized carbons (Fsp3) is 0.143. The smallest absolute Gasteiger partial charge is 0.243 e. The van der Waals surface area contributed by atoms with E-state index in [0.717, 1.165) is 22.5 Å². The van der Waals surface area contributed by atoms with Crippen molar-refractivity contribution in [1.29, 1.82) is 0 Å². The van der Waals surface area contributed by atoms with Crippen molar-refractivity contribution >= 4 is 17.2 Å². The van der Waals surface area contributed by atoms with E-state index < -0.39 is 0 Å². The van der Waals surface area contributed by atoms with E-state index in [1.807, 2.05) is 43.3 Å². The number of imidazole rings is 1. The third-order valence-electron chi connectivity index (χ3n) is 2.94. The zero-order valence-electron chi connectivity index (χ0n) is 10.6. The van der Waals surface area contributed by atoms with Gasteiger partial charge in [0.1, 0.15) is 5.69 Å². The van der Waals surface area contributed by atoms with Gasteiger partial charge in [-0.2, -0.15) is 9.61 Å². The van der Waals surface area contributed by atoms with Gasteiger partial charge in [0.15, 0.2) is 10.8 Å². The first-order valence-electron chi connectivity index (χ1n) is 5.86. The van der Waals surface area contributed by atoms with Crippen molar-refractivity contribution in [2.24, 2.45) is 0 Å². The number of benzene rings is 1. The third-order valence-corrected chi connectivity index (χ3v) is 3.31. The van der Waals surface area contributed by atoms with Crippen LogP contribution in [0.15, 0.2) is 36.4 Å². The molecule has 0 N–H and O–H groups in total. The maximum Gasteiger partial charge on any atom is 0.243 e. The summed E-state index contributed by atoms with van der Waals surface area (Å²) in [5.41, 5.74) is 3.36. The minimum atomic E-state index is 0.447. The fourth-order valence-electron chi connectivity index (χ4n) is 1.99. The van der Waals surface area contributed by atoms with E-state index in [9.17, 15) is 0 Å². The second-order valence-corrected chi connectivity index (χ2v) is 4.58. The average Bonchev–Trinajstić information content (AvgIpc) is 2.78. The molecule has 0 spiro atoms. The van der Waals surface area contributed by atoms with Crippen molar-refractivity contribution in [3.05, 3.63) is 47.1 Å². The highest BCUT2D eigenvalue weighted by Crippen LogP contribution is 2.30. The van der Waals surface area contributed by atoms with E-state index in [0.29, 0.717) is 11.0 Å². The molecule has 3 aromatic rings. The average molecular weight is 274 g/mol. The quantitative estimate of drug-likeness (QED) is 0.719. The van der Waals surface area contributed by atoms with E-state index in [4.69, 9.17) is 16.3 Å². The van der Waals surface area contributed by atoms with Crippen LogP contribution in [0.5, 0.6) is 5.88 Å². The Morgan fingerprint density at radius 2 is 1.95 bits per heavy atom. The minimum absolute atomic E-state index is 0.447. The first-order chi connectivity index (χ1) is 9.20. The van der Waals surface area contributed by atoms with Gasteiger partial charge in [-0.1, -0.05) is 41.9 Å². The van der Waals surface area contributed by atoms with Gasteiger partial charge in [-0.05, 0) is 18.6 Å². The summed E-state index contributed by atoms with van der Waals surface area (Å²) in [6.45, 7) is 1.90. The Morgan fingerprint density at radius 3 is 2.63 bits per heavy atom. The molecule has 1 aromatic carbocycles. The number of nitrogens with zero attached hydrogens (tertiary/aromatic N) is 3. The van der Waals surface area contributed by atoms with Gasteiger partial charge in [0.2, 0.25) is 5.88 Å². The van der Waals surface area contributed by atoms with Crippen LogP contribution in [0.3, 0.4) is 0 Å². The SMILES string of the molecule is COc1c(-c2ccccc2)nc2cc(C)c(Cl)nn12. The monoisotopic (exact) mass is 273 g/mol. The Labute approximate surface area is 115 Å². The Morgan fingerprint density at radius 1 is 1.21 bits per heavy atom. The zero-order valence-corrected chi connectivity index (χ0v) is 11.3. The van der Waals surface area contributed by atoms with Crippen LogP contribution in [0.1, 0.15) is 5.56 Å². The molecule has 0 unspecified atom stereocenters. The number of rotatable bonds is 2. The number of hydrogen-bond acceptors (Lipinski definition) is 3. The molecule has 2 aromatic heterocycles. The van der Waals surface area contributed by atoms with Crippen molar-refractivity contribution in [3.8, 4) is 17.1 Å². The maximum atomic E-state index is 6.06. The lowest BCUT2D eigenvalue weighted by Crippen LogP contribution is -1.97. The summed E-state index contributed by atoms with van der Waals surface area (Å²) in [6.07, 6.45) is 0. The van der Waals surface area contributed by atoms with Crippen molar-refractivity contribution in [2.45, 2.75) is 6.92 Å². The maximum absolute atomic E-state index is 6.06. The van der Waals surface area contributed by atoms with Crippen molar-refractivity contribution in [3.63, 3.8) is 0 Å². The highest BCUT2D eigenvalue weighted by Gasteiger charge is 2.16. The Hall–Kier alpha value is -2.07. The van der Waals surface area contributed by atoms with Gasteiger partial charge in [0.25, 0.3) is 0 Å². The first-order valence-corrected chi connectivity index (χ1v) is 6.24. The van der Waals surface area contributed by atoms with Gasteiger partial charge in [0.05, 0.1) is 7.11 Å². The standard InChI is InChI=1S/C14H12ClN3O/c1-9-8-11-16-12(10-6-4-3-5-7-10)14(19-2)18(11)17-13(9)15/h3-8H,1-2H3. The summed E-state index contributed by atoms with van der Waals surface area (Å²) >= 11 is 6.06. The van der Waals surface area contributed by atoms with Gasteiger partial charge >= 0.3 is 0 Å². The van der Waals surface area contributed by atoms with Crippen molar-refractivity contribution in [2.75, 3.05) is 7.11 Å². The van der Waals surface area contributed by atoms with E-state index >= 15 is 0 Å². The lowest BCUT2D eigenvalue weighted by molar-refractivity contribution is 0.389. The molecule has 0 amide bonds. The van der Waals surface area contributed by atoms with Crippen molar-refractivity contribution < 1.29 is 4.74 Å². The normalized spacial score (nSPS) is 10.9. The number of aryl methyl sites for hydroxylation is 1. The largest absolute Gasteiger partial charge is 0.479 e. The summed E-state index contributed by atoms with van der Waals surface area (Å²) in [4.78, 5) is 4.57. The van der Waals surface area contributed by atoms with E-state index in [2.05, 4.69) is 10.1 Å². The molecule has 0 aliphatic heterocycles. The van der Waals surface area contributed by atoms with Crippen LogP contribution in [-0.2, 0) is 0 Å². The summed E-state index contributed by atoms with van der Waals surface area (Å²) in [5, 5.41) is 4.73. The minimum Gasteiger partial charge on any atom is -0.479 e. The van der Waals surface area contributed by atoms with E-state index in [1.165, 1.54) is 0 Å². The summed E-state index contributed by atoms with van der Waals surface area (Å²) in [6, 6.07) is 11.8. The molecule has 0 saturated carbocycles. The Kier molecular flexibility index (Phi) is 2.87. The molecular formula is C14H12ClN3O. The highest BCUT2D eigenvalue weighted by molar-refractivity contribution is 6.30. The van der Waals surface area contributed by atoms with Gasteiger partial charge in [-0.15, -0.1) is 0 Å². The first kappa shape index (κ1) is 12.0. The van der Waals surface area contributed by atoms with E-state index in [1.54, 1.807) is 11.6 Å². The zero-order chi connectivity index (χ0) is 13.4. The number of methoxy groups -OCH3 is 1. The molecule has 0 bridgehead atoms. The molecule has 0 aliphatic rings. The topological polar surface area (TPSA) is 39.4 Å². The van der Waals surface area contributed by atoms with Crippen LogP contribution in [0.2, 0.25) is 5.15 Å². The highest BCUT2D eigenvalue weighted by atomic mass is 35.5. The van der Waals surface area contributed by atoms with Gasteiger partial charge in [0, 0.05) is 5.56 Å². The molecule has 0 aliphatic carbocycles. The number of aromatic nitrogens is 3. The summed E-state index contributed by atoms with van der Waals surface area (Å²) < 4.78 is 7.05. The van der Waals surface area contributed by atoms with Crippen LogP contribution in [0.4, 0.5) is 0 Å². The third kappa shape index (κ3) is 1.94. The number of ether oxygens (including phenoxy) is 1. The van der Waals surface area contributed by atoms with Gasteiger partial charge < -0.3 is 4.74 Å². The lowest BCUT2D eigenvalue weighted by atomic mass is 10.2. The number of hydrogen-bond donors (Lipinski definition) is 0. The molecule has 0 atom stereocenters. The lowest BCUT2D eigenvalue weighted by Gasteiger charge is -2.03. The van der Waals surface area contributed by atoms with Gasteiger partial charge in [-0.3, -0.25) is 0 Å². The van der Waals surface area contributed by atoms with Crippen molar-refractivity contribution in [1.82, 2.24) is 14.6 Å². The fourth-order valence-corrected chi connectivity index (χ4v) is 2.12. The molecule has 5 heteroatoms. The second-order valence-electron chi connectivity index (χ2n) is 4.22. The molecule has 2 heterocycles. The molecule has 96 valence electrons. The van der Waals surface area contributed by atoms with E-state index in [-0.39, 0.29) is 0 Å². The van der Waals surface area contributed by atoms with Crippen LogP contribution >= 0.6 is 11.6 Å². The number of halogens is 1. The predicted molar refractivity (Wildman–Crippen MR) is 74.7 cm³/mol. The van der Waals surface area contributed by atoms with Crippen LogP contribution in [0, 0.1) is 6.92 Å². The Bertz CT molecular complexity index is 737. The predicted octanol–water partition coefficient (Wildman–Crippen LogP) is 3.37. The molecule has 4 nitrogen and oxygen atoms in total. The molecule has 0 saturated heterocycles. The van der Waals surface area contributed by atoms with Gasteiger partial charge in [-0.25, -0.2) is 4.98 Å². The molecule has 0 radical (unpaired) electrons. The molecular weight excluding hydrogens is 262 g/mol.